The number of nitrogens with zero attached hydrogens (tertiary/aromatic N) is 1. The molecule has 142 valence electrons. The third kappa shape index (κ3) is 3.59. The highest BCUT2D eigenvalue weighted by atomic mass is 32.2. The number of aryl methyl sites for hydroxylation is 1. The second-order valence-electron chi connectivity index (χ2n) is 6.42. The van der Waals surface area contributed by atoms with Crippen LogP contribution in [0.5, 0.6) is 0 Å². The van der Waals surface area contributed by atoms with Crippen LogP contribution in [-0.4, -0.2) is 44.3 Å². The van der Waals surface area contributed by atoms with Gasteiger partial charge in [0.25, 0.3) is 0 Å². The summed E-state index contributed by atoms with van der Waals surface area (Å²) in [5, 5.41) is 2.55. The summed E-state index contributed by atoms with van der Waals surface area (Å²) in [6.07, 6.45) is 1.30. The molecule has 0 atom stereocenters. The standard InChI is InChI=1S/C17H21FN2O5S/c1-2-25-17(22)11-5-7-20(8-6-11)26(23,24)15-9-12-3-4-16(21)19-14(12)10-13(15)18/h9-11H,2-8H2,1H3,(H,19,21). The second-order valence-corrected chi connectivity index (χ2v) is 8.32. The molecule has 3 rings (SSSR count). The van der Waals surface area contributed by atoms with Crippen LogP contribution in [-0.2, 0) is 30.8 Å². The van der Waals surface area contributed by atoms with Crippen LogP contribution in [0.4, 0.5) is 10.1 Å². The van der Waals surface area contributed by atoms with E-state index in [1.54, 1.807) is 6.92 Å². The second kappa shape index (κ2) is 7.32. The molecule has 0 radical (unpaired) electrons. The Morgan fingerprint density at radius 3 is 2.65 bits per heavy atom. The average Bonchev–Trinajstić information content (AvgIpc) is 2.61. The molecule has 7 nitrogen and oxygen atoms in total. The molecule has 1 N–H and O–H groups in total. The van der Waals surface area contributed by atoms with Crippen molar-refractivity contribution in [2.45, 2.75) is 37.5 Å². The summed E-state index contributed by atoms with van der Waals surface area (Å²) >= 11 is 0. The molecule has 2 heterocycles. The Balaban J connectivity index is 1.79. The van der Waals surface area contributed by atoms with E-state index in [1.807, 2.05) is 0 Å². The normalized spacial score (nSPS) is 18.9. The molecule has 1 amide bonds. The number of anilines is 1. The van der Waals surface area contributed by atoms with Crippen molar-refractivity contribution in [3.8, 4) is 0 Å². The number of halogens is 1. The Morgan fingerprint density at radius 2 is 2.00 bits per heavy atom. The summed E-state index contributed by atoms with van der Waals surface area (Å²) in [6.45, 7) is 2.28. The van der Waals surface area contributed by atoms with Gasteiger partial charge in [-0.15, -0.1) is 0 Å². The lowest BCUT2D eigenvalue weighted by Crippen LogP contribution is -2.41. The topological polar surface area (TPSA) is 92.8 Å². The summed E-state index contributed by atoms with van der Waals surface area (Å²) in [7, 11) is -4.01. The maximum absolute atomic E-state index is 14.4. The van der Waals surface area contributed by atoms with Crippen molar-refractivity contribution in [1.82, 2.24) is 4.31 Å². The van der Waals surface area contributed by atoms with E-state index in [1.165, 1.54) is 10.4 Å². The van der Waals surface area contributed by atoms with E-state index in [0.717, 1.165) is 6.07 Å². The van der Waals surface area contributed by atoms with Gasteiger partial charge in [-0.2, -0.15) is 4.31 Å². The highest BCUT2D eigenvalue weighted by Crippen LogP contribution is 2.31. The number of carbonyl (C=O) groups is 2. The molecule has 9 heteroatoms. The molecular weight excluding hydrogens is 363 g/mol. The molecule has 1 fully saturated rings. The number of ether oxygens (including phenoxy) is 1. The number of piperidine rings is 1. The van der Waals surface area contributed by atoms with Crippen LogP contribution < -0.4 is 5.32 Å². The minimum Gasteiger partial charge on any atom is -0.466 e. The van der Waals surface area contributed by atoms with Gasteiger partial charge in [0, 0.05) is 25.2 Å². The van der Waals surface area contributed by atoms with Gasteiger partial charge >= 0.3 is 5.97 Å². The van der Waals surface area contributed by atoms with Crippen LogP contribution in [0.1, 0.15) is 31.7 Å². The first-order valence-corrected chi connectivity index (χ1v) is 10.1. The minimum absolute atomic E-state index is 0.138. The van der Waals surface area contributed by atoms with Crippen molar-refractivity contribution >= 4 is 27.6 Å². The lowest BCUT2D eigenvalue weighted by molar-refractivity contribution is -0.149. The molecule has 0 unspecified atom stereocenters. The zero-order chi connectivity index (χ0) is 18.9. The number of nitrogens with one attached hydrogen (secondary N) is 1. The number of hydrogen-bond acceptors (Lipinski definition) is 5. The van der Waals surface area contributed by atoms with Crippen molar-refractivity contribution < 1.29 is 27.1 Å². The maximum atomic E-state index is 14.4. The molecule has 0 bridgehead atoms. The van der Waals surface area contributed by atoms with Crippen LogP contribution in [0.15, 0.2) is 17.0 Å². The Morgan fingerprint density at radius 1 is 1.31 bits per heavy atom. The SMILES string of the molecule is CCOC(=O)C1CCN(S(=O)(=O)c2cc3c(cc2F)NC(=O)CC3)CC1. The van der Waals surface area contributed by atoms with Gasteiger partial charge in [0.15, 0.2) is 0 Å². The van der Waals surface area contributed by atoms with Crippen molar-refractivity contribution in [2.24, 2.45) is 5.92 Å². The van der Waals surface area contributed by atoms with Gasteiger partial charge in [0.05, 0.1) is 12.5 Å². The largest absolute Gasteiger partial charge is 0.466 e. The molecule has 1 aromatic rings. The summed E-state index contributed by atoms with van der Waals surface area (Å²) in [5.74, 6) is -1.75. The fourth-order valence-corrected chi connectivity index (χ4v) is 4.87. The monoisotopic (exact) mass is 384 g/mol. The van der Waals surface area contributed by atoms with E-state index in [0.29, 0.717) is 30.5 Å². The lowest BCUT2D eigenvalue weighted by Gasteiger charge is -2.30. The Bertz CT molecular complexity index is 832. The predicted molar refractivity (Wildman–Crippen MR) is 91.5 cm³/mol. The minimum atomic E-state index is -4.01. The van der Waals surface area contributed by atoms with Crippen molar-refractivity contribution in [3.63, 3.8) is 0 Å². The molecule has 0 aliphatic carbocycles. The maximum Gasteiger partial charge on any atom is 0.309 e. The van der Waals surface area contributed by atoms with Gasteiger partial charge in [-0.3, -0.25) is 9.59 Å². The Hall–Kier alpha value is -2.00. The van der Waals surface area contributed by atoms with E-state index in [2.05, 4.69) is 5.32 Å². The molecule has 0 saturated carbocycles. The van der Waals surface area contributed by atoms with Crippen molar-refractivity contribution in [1.29, 1.82) is 0 Å². The van der Waals surface area contributed by atoms with Crippen LogP contribution in [0.3, 0.4) is 0 Å². The molecule has 0 aromatic heterocycles. The highest BCUT2D eigenvalue weighted by molar-refractivity contribution is 7.89. The first kappa shape index (κ1) is 18.8. The number of esters is 1. The number of carbonyl (C=O) groups excluding carboxylic acids is 2. The van der Waals surface area contributed by atoms with E-state index in [9.17, 15) is 22.4 Å². The number of benzene rings is 1. The quantitative estimate of drug-likeness (QED) is 0.798. The van der Waals surface area contributed by atoms with Gasteiger partial charge in [0.1, 0.15) is 10.7 Å². The molecule has 2 aliphatic rings. The van der Waals surface area contributed by atoms with Gasteiger partial charge in [-0.05, 0) is 43.9 Å². The molecule has 1 saturated heterocycles. The zero-order valence-corrected chi connectivity index (χ0v) is 15.3. The highest BCUT2D eigenvalue weighted by Gasteiger charge is 2.35. The Labute approximate surface area is 151 Å². The van der Waals surface area contributed by atoms with Gasteiger partial charge in [-0.25, -0.2) is 12.8 Å². The van der Waals surface area contributed by atoms with Gasteiger partial charge in [-0.1, -0.05) is 0 Å². The average molecular weight is 384 g/mol. The van der Waals surface area contributed by atoms with E-state index in [-0.39, 0.29) is 48.8 Å². The number of amides is 1. The van der Waals surface area contributed by atoms with Crippen molar-refractivity contribution in [2.75, 3.05) is 25.0 Å². The third-order valence-corrected chi connectivity index (χ3v) is 6.66. The first-order chi connectivity index (χ1) is 12.3. The molecule has 26 heavy (non-hydrogen) atoms. The fraction of sp³-hybridized carbons (Fsp3) is 0.529. The van der Waals surface area contributed by atoms with Crippen LogP contribution in [0.25, 0.3) is 0 Å². The van der Waals surface area contributed by atoms with Gasteiger partial charge < -0.3 is 10.1 Å². The number of sulfonamides is 1. The summed E-state index contributed by atoms with van der Waals surface area (Å²) in [4.78, 5) is 22.8. The summed E-state index contributed by atoms with van der Waals surface area (Å²) in [6, 6.07) is 2.36. The van der Waals surface area contributed by atoms with E-state index < -0.39 is 15.8 Å². The van der Waals surface area contributed by atoms with Crippen LogP contribution in [0.2, 0.25) is 0 Å². The van der Waals surface area contributed by atoms with Crippen molar-refractivity contribution in [3.05, 3.63) is 23.5 Å². The zero-order valence-electron chi connectivity index (χ0n) is 14.5. The summed E-state index contributed by atoms with van der Waals surface area (Å²) < 4.78 is 46.3. The van der Waals surface area contributed by atoms with E-state index >= 15 is 0 Å². The molecule has 2 aliphatic heterocycles. The number of rotatable bonds is 4. The molecular formula is C17H21FN2O5S. The molecule has 0 spiro atoms. The number of fused-ring (bicyclic) bond motifs is 1. The Kier molecular flexibility index (Phi) is 5.29. The molecule has 1 aromatic carbocycles. The fourth-order valence-electron chi connectivity index (χ4n) is 3.31. The smallest absolute Gasteiger partial charge is 0.309 e. The third-order valence-electron chi connectivity index (χ3n) is 4.74. The van der Waals surface area contributed by atoms with Crippen LogP contribution >= 0.6 is 0 Å². The first-order valence-electron chi connectivity index (χ1n) is 8.62. The van der Waals surface area contributed by atoms with Gasteiger partial charge in [0.2, 0.25) is 15.9 Å². The number of hydrogen-bond donors (Lipinski definition) is 1. The summed E-state index contributed by atoms with van der Waals surface area (Å²) in [5.41, 5.74) is 0.921. The van der Waals surface area contributed by atoms with E-state index in [4.69, 9.17) is 4.74 Å². The predicted octanol–water partition coefficient (Wildman–Crippen LogP) is 1.67. The van der Waals surface area contributed by atoms with Crippen LogP contribution in [0, 0.1) is 11.7 Å². The lowest BCUT2D eigenvalue weighted by atomic mass is 9.98.